The molecule has 2 rings (SSSR count). The summed E-state index contributed by atoms with van der Waals surface area (Å²) in [4.78, 5) is 11.7. The summed E-state index contributed by atoms with van der Waals surface area (Å²) in [5.74, 6) is -0.550. The lowest BCUT2D eigenvalue weighted by molar-refractivity contribution is 0.0600. The summed E-state index contributed by atoms with van der Waals surface area (Å²) in [7, 11) is 1.28. The summed E-state index contributed by atoms with van der Waals surface area (Å²) >= 11 is 11.9. The molecule has 18 heavy (non-hydrogen) atoms. The third-order valence-corrected chi connectivity index (χ3v) is 2.75. The minimum Gasteiger partial charge on any atom is -0.465 e. The quantitative estimate of drug-likeness (QED) is 0.680. The topological polar surface area (TPSA) is 70.1 Å². The molecule has 94 valence electrons. The van der Waals surface area contributed by atoms with Crippen LogP contribution in [0.4, 0.5) is 5.69 Å². The van der Waals surface area contributed by atoms with Crippen molar-refractivity contribution in [3.05, 3.63) is 40.1 Å². The number of nitrogen functional groups attached to an aromatic ring is 1. The van der Waals surface area contributed by atoms with Gasteiger partial charge in [0.2, 0.25) is 0 Å². The Morgan fingerprint density at radius 1 is 1.44 bits per heavy atom. The third-order valence-electron chi connectivity index (χ3n) is 2.27. The number of aromatic nitrogens is 2. The number of methoxy groups -OCH3 is 1. The van der Waals surface area contributed by atoms with Gasteiger partial charge in [-0.1, -0.05) is 23.2 Å². The fraction of sp³-hybridized carbons (Fsp3) is 0.0909. The van der Waals surface area contributed by atoms with Gasteiger partial charge in [-0.05, 0) is 12.1 Å². The van der Waals surface area contributed by atoms with E-state index in [2.05, 4.69) is 9.84 Å². The van der Waals surface area contributed by atoms with Crippen molar-refractivity contribution in [3.63, 3.8) is 0 Å². The van der Waals surface area contributed by atoms with E-state index >= 15 is 0 Å². The maximum atomic E-state index is 11.7. The third kappa shape index (κ3) is 2.27. The second kappa shape index (κ2) is 4.88. The molecule has 0 aliphatic carbocycles. The molecule has 0 aliphatic rings. The van der Waals surface area contributed by atoms with E-state index in [4.69, 9.17) is 28.9 Å². The van der Waals surface area contributed by atoms with Crippen molar-refractivity contribution in [3.8, 4) is 5.69 Å². The van der Waals surface area contributed by atoms with Crippen molar-refractivity contribution in [1.29, 1.82) is 0 Å². The number of rotatable bonds is 2. The highest BCUT2D eigenvalue weighted by atomic mass is 35.5. The fourth-order valence-corrected chi connectivity index (χ4v) is 1.99. The molecule has 0 amide bonds. The number of nitrogens with two attached hydrogens (primary N) is 1. The number of carbonyl (C=O) groups is 1. The minimum atomic E-state index is -0.550. The molecule has 0 atom stereocenters. The first-order chi connectivity index (χ1) is 8.52. The van der Waals surface area contributed by atoms with Gasteiger partial charge >= 0.3 is 5.97 Å². The first-order valence-electron chi connectivity index (χ1n) is 4.91. The maximum Gasteiger partial charge on any atom is 0.340 e. The SMILES string of the molecule is COC(=O)c1cc(N)cc(Cl)c1-n1cc(Cl)cn1. The lowest BCUT2D eigenvalue weighted by Gasteiger charge is -2.11. The van der Waals surface area contributed by atoms with Crippen LogP contribution >= 0.6 is 23.2 Å². The zero-order valence-electron chi connectivity index (χ0n) is 9.35. The summed E-state index contributed by atoms with van der Waals surface area (Å²) in [5, 5.41) is 4.72. The highest BCUT2D eigenvalue weighted by molar-refractivity contribution is 6.33. The number of hydrogen-bond acceptors (Lipinski definition) is 4. The first-order valence-corrected chi connectivity index (χ1v) is 5.66. The summed E-state index contributed by atoms with van der Waals surface area (Å²) in [6, 6.07) is 3.00. The Morgan fingerprint density at radius 3 is 2.72 bits per heavy atom. The van der Waals surface area contributed by atoms with E-state index in [9.17, 15) is 4.79 Å². The van der Waals surface area contributed by atoms with E-state index in [0.717, 1.165) is 0 Å². The molecular formula is C11H9Cl2N3O2. The molecule has 0 spiro atoms. The van der Waals surface area contributed by atoms with Gasteiger partial charge < -0.3 is 10.5 Å². The molecule has 0 bridgehead atoms. The molecule has 0 fully saturated rings. The maximum absolute atomic E-state index is 11.7. The number of benzene rings is 1. The van der Waals surface area contributed by atoms with Crippen LogP contribution in [0.3, 0.4) is 0 Å². The Bertz CT molecular complexity index is 610. The van der Waals surface area contributed by atoms with Crippen LogP contribution in [0.5, 0.6) is 0 Å². The molecule has 2 N–H and O–H groups in total. The number of esters is 1. The predicted molar refractivity (Wildman–Crippen MR) is 69.3 cm³/mol. The number of carbonyl (C=O) groups excluding carboxylic acids is 1. The Balaban J connectivity index is 2.68. The number of hydrogen-bond donors (Lipinski definition) is 1. The average molecular weight is 286 g/mol. The van der Waals surface area contributed by atoms with Crippen molar-refractivity contribution < 1.29 is 9.53 Å². The van der Waals surface area contributed by atoms with E-state index in [1.165, 1.54) is 36.3 Å². The Kier molecular flexibility index (Phi) is 3.45. The molecule has 1 heterocycles. The van der Waals surface area contributed by atoms with Crippen LogP contribution in [0.2, 0.25) is 10.0 Å². The zero-order valence-corrected chi connectivity index (χ0v) is 10.9. The molecule has 0 saturated carbocycles. The first kappa shape index (κ1) is 12.7. The fourth-order valence-electron chi connectivity index (χ4n) is 1.54. The smallest absolute Gasteiger partial charge is 0.340 e. The van der Waals surface area contributed by atoms with E-state index < -0.39 is 5.97 Å². The van der Waals surface area contributed by atoms with Crippen molar-refractivity contribution in [2.24, 2.45) is 0 Å². The van der Waals surface area contributed by atoms with Crippen molar-refractivity contribution >= 4 is 34.9 Å². The van der Waals surface area contributed by atoms with E-state index in [0.29, 0.717) is 16.4 Å². The molecule has 7 heteroatoms. The Morgan fingerprint density at radius 2 is 2.17 bits per heavy atom. The minimum absolute atomic E-state index is 0.224. The summed E-state index contributed by atoms with van der Waals surface area (Å²) in [6.45, 7) is 0. The van der Waals surface area contributed by atoms with Crippen molar-refractivity contribution in [1.82, 2.24) is 9.78 Å². The summed E-state index contributed by atoms with van der Waals surface area (Å²) in [6.07, 6.45) is 2.97. The standard InChI is InChI=1S/C11H9Cl2N3O2/c1-18-11(17)8-2-7(14)3-9(13)10(8)16-5-6(12)4-15-16/h2-5H,14H2,1H3. The molecule has 1 aromatic heterocycles. The van der Waals surface area contributed by atoms with Gasteiger partial charge in [-0.2, -0.15) is 5.10 Å². The summed E-state index contributed by atoms with van der Waals surface area (Å²) < 4.78 is 6.09. The summed E-state index contributed by atoms with van der Waals surface area (Å²) in [5.41, 5.74) is 6.62. The van der Waals surface area contributed by atoms with Crippen molar-refractivity contribution in [2.45, 2.75) is 0 Å². The molecule has 0 unspecified atom stereocenters. The second-order valence-corrected chi connectivity index (χ2v) is 4.34. The molecule has 1 aromatic carbocycles. The Hall–Kier alpha value is -1.72. The number of nitrogens with zero attached hydrogens (tertiary/aromatic N) is 2. The van der Waals surface area contributed by atoms with Crippen LogP contribution in [-0.2, 0) is 4.74 Å². The highest BCUT2D eigenvalue weighted by Gasteiger charge is 2.18. The number of halogens is 2. The van der Waals surface area contributed by atoms with Crippen LogP contribution in [-0.4, -0.2) is 22.9 Å². The molecule has 0 radical (unpaired) electrons. The van der Waals surface area contributed by atoms with Gasteiger partial charge in [0.15, 0.2) is 0 Å². The van der Waals surface area contributed by atoms with Crippen LogP contribution < -0.4 is 5.73 Å². The van der Waals surface area contributed by atoms with E-state index in [-0.39, 0.29) is 10.6 Å². The van der Waals surface area contributed by atoms with Gasteiger partial charge in [0, 0.05) is 11.9 Å². The second-order valence-electron chi connectivity index (χ2n) is 3.49. The van der Waals surface area contributed by atoms with Crippen LogP contribution in [0, 0.1) is 0 Å². The van der Waals surface area contributed by atoms with Gasteiger partial charge in [0.1, 0.15) is 0 Å². The van der Waals surface area contributed by atoms with Gasteiger partial charge in [-0.15, -0.1) is 0 Å². The molecule has 0 aliphatic heterocycles. The normalized spacial score (nSPS) is 10.4. The molecular weight excluding hydrogens is 277 g/mol. The number of anilines is 1. The van der Waals surface area contributed by atoms with Crippen LogP contribution in [0.1, 0.15) is 10.4 Å². The Labute approximate surface area is 113 Å². The highest BCUT2D eigenvalue weighted by Crippen LogP contribution is 2.28. The molecule has 0 saturated heterocycles. The van der Waals surface area contributed by atoms with E-state index in [1.54, 1.807) is 0 Å². The lowest BCUT2D eigenvalue weighted by atomic mass is 10.1. The predicted octanol–water partition coefficient (Wildman–Crippen LogP) is 2.55. The van der Waals surface area contributed by atoms with Crippen LogP contribution in [0.25, 0.3) is 5.69 Å². The van der Waals surface area contributed by atoms with Crippen molar-refractivity contribution in [2.75, 3.05) is 12.8 Å². The zero-order chi connectivity index (χ0) is 13.3. The largest absolute Gasteiger partial charge is 0.465 e. The van der Waals surface area contributed by atoms with Gasteiger partial charge in [-0.25, -0.2) is 9.48 Å². The average Bonchev–Trinajstić information content (AvgIpc) is 2.73. The van der Waals surface area contributed by atoms with Crippen LogP contribution in [0.15, 0.2) is 24.5 Å². The van der Waals surface area contributed by atoms with Gasteiger partial charge in [-0.3, -0.25) is 0 Å². The van der Waals surface area contributed by atoms with Gasteiger partial charge in [0.05, 0.1) is 34.6 Å². The lowest BCUT2D eigenvalue weighted by Crippen LogP contribution is -2.10. The van der Waals surface area contributed by atoms with E-state index in [1.807, 2.05) is 0 Å². The molecule has 2 aromatic rings. The number of ether oxygens (including phenoxy) is 1. The monoisotopic (exact) mass is 285 g/mol. The van der Waals surface area contributed by atoms with Gasteiger partial charge in [0.25, 0.3) is 0 Å². The molecule has 5 nitrogen and oxygen atoms in total.